The number of methoxy groups -OCH3 is 1. The second kappa shape index (κ2) is 8.09. The molecule has 11 heteroatoms. The van der Waals surface area contributed by atoms with Crippen LogP contribution in [-0.2, 0) is 0 Å². The average Bonchev–Trinajstić information content (AvgIpc) is 3.12. The van der Waals surface area contributed by atoms with Gasteiger partial charge in [0.2, 0.25) is 5.82 Å². The molecule has 2 heterocycles. The molecule has 0 aliphatic carbocycles. The van der Waals surface area contributed by atoms with Crippen molar-refractivity contribution in [2.45, 2.75) is 6.92 Å². The average molecular weight is 444 g/mol. The molecule has 0 saturated heterocycles. The van der Waals surface area contributed by atoms with Crippen LogP contribution in [0.3, 0.4) is 0 Å². The summed E-state index contributed by atoms with van der Waals surface area (Å²) in [7, 11) is 1.58. The second-order valence-electron chi connectivity index (χ2n) is 6.12. The third kappa shape index (κ3) is 3.95. The third-order valence-corrected chi connectivity index (χ3v) is 5.49. The predicted molar refractivity (Wildman–Crippen MR) is 114 cm³/mol. The van der Waals surface area contributed by atoms with Crippen LogP contribution in [-0.4, -0.2) is 27.0 Å². The lowest BCUT2D eigenvalue weighted by molar-refractivity contribution is -0.385. The molecule has 0 unspecified atom stereocenters. The maximum atomic E-state index is 11.8. The number of nitrogens with zero attached hydrogens (tertiary/aromatic N) is 4. The summed E-state index contributed by atoms with van der Waals surface area (Å²) in [5, 5.41) is 15.7. The number of nitrogens with one attached hydrogen (secondary N) is 1. The van der Waals surface area contributed by atoms with E-state index in [4.69, 9.17) is 21.1 Å². The number of aromatic nitrogens is 3. The van der Waals surface area contributed by atoms with Gasteiger partial charge in [-0.05, 0) is 48.9 Å². The highest BCUT2D eigenvalue weighted by Gasteiger charge is 2.26. The summed E-state index contributed by atoms with van der Waals surface area (Å²) >= 11 is 7.34. The van der Waals surface area contributed by atoms with Crippen LogP contribution in [0.5, 0.6) is 17.4 Å². The van der Waals surface area contributed by atoms with Crippen LogP contribution in [0.4, 0.5) is 16.6 Å². The van der Waals surface area contributed by atoms with Crippen molar-refractivity contribution in [2.24, 2.45) is 0 Å². The van der Waals surface area contributed by atoms with Gasteiger partial charge in [-0.1, -0.05) is 22.9 Å². The second-order valence-corrected chi connectivity index (χ2v) is 7.56. The minimum absolute atomic E-state index is 0.0262. The first-order valence-corrected chi connectivity index (χ1v) is 9.79. The maximum absolute atomic E-state index is 11.8. The maximum Gasteiger partial charge on any atom is 0.373 e. The number of fused-ring (bicyclic) bond motifs is 1. The summed E-state index contributed by atoms with van der Waals surface area (Å²) in [5.41, 5.74) is 1.10. The Bertz CT molecular complexity index is 1260. The van der Waals surface area contributed by atoms with Crippen molar-refractivity contribution in [3.8, 4) is 17.4 Å². The Labute approximate surface area is 179 Å². The monoisotopic (exact) mass is 443 g/mol. The number of anilines is 2. The molecule has 0 atom stereocenters. The topological polar surface area (TPSA) is 112 Å². The van der Waals surface area contributed by atoms with E-state index in [1.807, 2.05) is 12.1 Å². The van der Waals surface area contributed by atoms with Crippen molar-refractivity contribution in [3.63, 3.8) is 0 Å². The molecule has 0 saturated carbocycles. The Balaban J connectivity index is 1.69. The lowest BCUT2D eigenvalue weighted by atomic mass is 10.2. The minimum atomic E-state index is -0.600. The molecule has 2 aromatic carbocycles. The number of aryl methyl sites for hydroxylation is 1. The summed E-state index contributed by atoms with van der Waals surface area (Å²) in [6, 6.07) is 10.4. The van der Waals surface area contributed by atoms with Gasteiger partial charge in [-0.25, -0.2) is 9.97 Å². The summed E-state index contributed by atoms with van der Waals surface area (Å²) in [4.78, 5) is 23.5. The Morgan fingerprint density at radius 1 is 1.17 bits per heavy atom. The minimum Gasteiger partial charge on any atom is -0.497 e. The van der Waals surface area contributed by atoms with E-state index >= 15 is 0 Å². The molecule has 0 bridgehead atoms. The Morgan fingerprint density at radius 3 is 2.70 bits per heavy atom. The molecule has 30 heavy (non-hydrogen) atoms. The van der Waals surface area contributed by atoms with Gasteiger partial charge in [-0.15, -0.1) is 0 Å². The lowest BCUT2D eigenvalue weighted by Crippen LogP contribution is -2.03. The number of ether oxygens (including phenoxy) is 2. The van der Waals surface area contributed by atoms with Gasteiger partial charge in [-0.2, -0.15) is 4.98 Å². The number of halogens is 1. The zero-order valence-electron chi connectivity index (χ0n) is 15.7. The summed E-state index contributed by atoms with van der Waals surface area (Å²) in [5.74, 6) is 0.847. The number of rotatable bonds is 6. The molecule has 2 aromatic heterocycles. The van der Waals surface area contributed by atoms with Crippen molar-refractivity contribution < 1.29 is 14.4 Å². The van der Waals surface area contributed by atoms with Gasteiger partial charge in [0.1, 0.15) is 17.8 Å². The Hall–Kier alpha value is -3.50. The number of thiazole rings is 1. The van der Waals surface area contributed by atoms with Crippen LogP contribution in [0.1, 0.15) is 5.56 Å². The zero-order chi connectivity index (χ0) is 21.3. The van der Waals surface area contributed by atoms with Gasteiger partial charge in [0.25, 0.3) is 0 Å². The van der Waals surface area contributed by atoms with E-state index in [0.29, 0.717) is 21.7 Å². The van der Waals surface area contributed by atoms with Gasteiger partial charge in [0.15, 0.2) is 5.13 Å². The van der Waals surface area contributed by atoms with Crippen molar-refractivity contribution in [1.29, 1.82) is 0 Å². The van der Waals surface area contributed by atoms with Gasteiger partial charge < -0.3 is 14.8 Å². The van der Waals surface area contributed by atoms with E-state index in [2.05, 4.69) is 20.3 Å². The number of hydrogen-bond acceptors (Lipinski definition) is 9. The van der Waals surface area contributed by atoms with Gasteiger partial charge in [0.05, 0.1) is 22.2 Å². The predicted octanol–water partition coefficient (Wildman–Crippen LogP) is 5.50. The first-order valence-electron chi connectivity index (χ1n) is 8.59. The van der Waals surface area contributed by atoms with Crippen molar-refractivity contribution in [3.05, 3.63) is 63.4 Å². The zero-order valence-corrected chi connectivity index (χ0v) is 17.3. The van der Waals surface area contributed by atoms with Crippen LogP contribution in [0.2, 0.25) is 5.02 Å². The molecule has 1 N–H and O–H groups in total. The summed E-state index contributed by atoms with van der Waals surface area (Å²) < 4.78 is 11.7. The van der Waals surface area contributed by atoms with E-state index in [-0.39, 0.29) is 11.7 Å². The van der Waals surface area contributed by atoms with E-state index < -0.39 is 10.6 Å². The van der Waals surface area contributed by atoms with Crippen LogP contribution in [0.15, 0.2) is 42.7 Å². The molecule has 0 fully saturated rings. The highest BCUT2D eigenvalue weighted by Crippen LogP contribution is 2.38. The smallest absolute Gasteiger partial charge is 0.373 e. The molecular weight excluding hydrogens is 430 g/mol. The molecule has 4 aromatic rings. The molecule has 0 spiro atoms. The Morgan fingerprint density at radius 2 is 1.97 bits per heavy atom. The largest absolute Gasteiger partial charge is 0.497 e. The molecule has 0 aliphatic heterocycles. The van der Waals surface area contributed by atoms with Crippen molar-refractivity contribution >= 4 is 49.8 Å². The van der Waals surface area contributed by atoms with Crippen LogP contribution in [0.25, 0.3) is 10.2 Å². The Kier molecular flexibility index (Phi) is 5.34. The molecule has 0 radical (unpaired) electrons. The fraction of sp³-hybridized carbons (Fsp3) is 0.105. The highest BCUT2D eigenvalue weighted by atomic mass is 35.5. The lowest BCUT2D eigenvalue weighted by Gasteiger charge is -2.09. The van der Waals surface area contributed by atoms with Gasteiger partial charge in [0, 0.05) is 5.02 Å². The fourth-order valence-electron chi connectivity index (χ4n) is 2.67. The molecule has 152 valence electrons. The molecular formula is C19H14ClN5O4S. The molecule has 4 rings (SSSR count). The standard InChI is InChI=1S/C19H14ClN5O4S/c1-10-7-12(3-5-13(10)20)29-18-16(25(26)27)17(21-9-22-18)24-19-23-14-6-4-11(28-2)8-15(14)30-19/h3-9H,1-2H3,(H,21,22,23,24). The van der Waals surface area contributed by atoms with Gasteiger partial charge in [-0.3, -0.25) is 10.1 Å². The van der Waals surface area contributed by atoms with E-state index in [1.165, 1.54) is 17.7 Å². The van der Waals surface area contributed by atoms with Crippen LogP contribution < -0.4 is 14.8 Å². The van der Waals surface area contributed by atoms with Gasteiger partial charge >= 0.3 is 11.6 Å². The SMILES string of the molecule is COc1ccc2nc(Nc3ncnc(Oc4ccc(Cl)c(C)c4)c3[N+](=O)[O-])sc2c1. The number of benzene rings is 2. The van der Waals surface area contributed by atoms with E-state index in [0.717, 1.165) is 15.8 Å². The quantitative estimate of drug-likeness (QED) is 0.307. The summed E-state index contributed by atoms with van der Waals surface area (Å²) in [6.07, 6.45) is 1.18. The van der Waals surface area contributed by atoms with Crippen LogP contribution >= 0.6 is 22.9 Å². The number of nitro groups is 1. The fourth-order valence-corrected chi connectivity index (χ4v) is 3.68. The van der Waals surface area contributed by atoms with E-state index in [9.17, 15) is 10.1 Å². The van der Waals surface area contributed by atoms with E-state index in [1.54, 1.807) is 38.3 Å². The molecule has 0 aliphatic rings. The third-order valence-electron chi connectivity index (χ3n) is 4.14. The van der Waals surface area contributed by atoms with Crippen LogP contribution in [0, 0.1) is 17.0 Å². The first-order chi connectivity index (χ1) is 14.4. The molecule has 0 amide bonds. The van der Waals surface area contributed by atoms with Crippen molar-refractivity contribution in [1.82, 2.24) is 15.0 Å². The first kappa shape index (κ1) is 19.8. The number of hydrogen-bond donors (Lipinski definition) is 1. The highest BCUT2D eigenvalue weighted by molar-refractivity contribution is 7.22. The summed E-state index contributed by atoms with van der Waals surface area (Å²) in [6.45, 7) is 1.80. The molecule has 9 nitrogen and oxygen atoms in total. The normalized spacial score (nSPS) is 10.8. The van der Waals surface area contributed by atoms with Crippen molar-refractivity contribution in [2.75, 3.05) is 12.4 Å².